The third-order valence-corrected chi connectivity index (χ3v) is 5.12. The van der Waals surface area contributed by atoms with Crippen LogP contribution in [0.2, 0.25) is 0 Å². The molecule has 3 rings (SSSR count). The van der Waals surface area contributed by atoms with Gasteiger partial charge in [0.15, 0.2) is 0 Å². The van der Waals surface area contributed by atoms with Gasteiger partial charge in [-0.05, 0) is 49.4 Å². The van der Waals surface area contributed by atoms with E-state index in [1.807, 2.05) is 30.1 Å². The van der Waals surface area contributed by atoms with Crippen molar-refractivity contribution in [1.82, 2.24) is 9.80 Å². The van der Waals surface area contributed by atoms with Gasteiger partial charge in [0.05, 0.1) is 6.54 Å². The summed E-state index contributed by atoms with van der Waals surface area (Å²) in [5.74, 6) is 0.959. The predicted octanol–water partition coefficient (Wildman–Crippen LogP) is 3.60. The van der Waals surface area contributed by atoms with Gasteiger partial charge in [0, 0.05) is 13.6 Å². The van der Waals surface area contributed by atoms with E-state index in [4.69, 9.17) is 0 Å². The van der Waals surface area contributed by atoms with Crippen molar-refractivity contribution in [3.63, 3.8) is 0 Å². The van der Waals surface area contributed by atoms with E-state index in [2.05, 4.69) is 47.4 Å². The molecule has 2 aromatic rings. The molecule has 0 spiro atoms. The number of rotatable bonds is 6. The summed E-state index contributed by atoms with van der Waals surface area (Å²) in [6.07, 6.45) is 3.53. The molecule has 0 N–H and O–H groups in total. The van der Waals surface area contributed by atoms with Crippen LogP contribution >= 0.6 is 0 Å². The monoisotopic (exact) mass is 336 g/mol. The zero-order chi connectivity index (χ0) is 17.5. The minimum Gasteiger partial charge on any atom is -0.340 e. The maximum atomic E-state index is 12.5. The second-order valence-corrected chi connectivity index (χ2v) is 7.14. The lowest BCUT2D eigenvalue weighted by atomic mass is 9.90. The molecule has 1 amide bonds. The van der Waals surface area contributed by atoms with Gasteiger partial charge in [-0.15, -0.1) is 0 Å². The predicted molar refractivity (Wildman–Crippen MR) is 102 cm³/mol. The molecule has 3 heteroatoms. The smallest absolute Gasteiger partial charge is 0.236 e. The molecule has 25 heavy (non-hydrogen) atoms. The van der Waals surface area contributed by atoms with Crippen LogP contribution in [0.3, 0.4) is 0 Å². The quantitative estimate of drug-likeness (QED) is 0.805. The number of likely N-dealkylation sites (N-methyl/N-ethyl adjacent to an activating group) is 1. The van der Waals surface area contributed by atoms with E-state index in [9.17, 15) is 4.79 Å². The standard InChI is InChI=1S/C22H28N2O/c1-23(17-21-10-6-3-7-11-21)22(25)18-24-14-12-20(13-15-24)16-19-8-4-2-5-9-19/h2-11,20H,12-18H2,1H3. The third-order valence-electron chi connectivity index (χ3n) is 5.12. The normalized spacial score (nSPS) is 15.9. The maximum absolute atomic E-state index is 12.5. The molecule has 0 bridgehead atoms. The SMILES string of the molecule is CN(Cc1ccccc1)C(=O)CN1CCC(Cc2ccccc2)CC1. The van der Waals surface area contributed by atoms with Crippen molar-refractivity contribution in [2.24, 2.45) is 5.92 Å². The highest BCUT2D eigenvalue weighted by atomic mass is 16.2. The van der Waals surface area contributed by atoms with Gasteiger partial charge in [0.2, 0.25) is 5.91 Å². The van der Waals surface area contributed by atoms with Gasteiger partial charge in [-0.1, -0.05) is 60.7 Å². The third kappa shape index (κ3) is 5.43. The molecule has 3 nitrogen and oxygen atoms in total. The molecular weight excluding hydrogens is 308 g/mol. The highest BCUT2D eigenvalue weighted by Gasteiger charge is 2.22. The molecule has 0 aromatic heterocycles. The van der Waals surface area contributed by atoms with E-state index >= 15 is 0 Å². The van der Waals surface area contributed by atoms with Crippen molar-refractivity contribution >= 4 is 5.91 Å². The Morgan fingerprint density at radius 2 is 1.52 bits per heavy atom. The first-order valence-electron chi connectivity index (χ1n) is 9.25. The number of carbonyl (C=O) groups is 1. The average molecular weight is 336 g/mol. The zero-order valence-electron chi connectivity index (χ0n) is 15.1. The zero-order valence-corrected chi connectivity index (χ0v) is 15.1. The second-order valence-electron chi connectivity index (χ2n) is 7.14. The van der Waals surface area contributed by atoms with E-state index in [1.54, 1.807) is 0 Å². The molecule has 0 radical (unpaired) electrons. The van der Waals surface area contributed by atoms with Gasteiger partial charge < -0.3 is 4.90 Å². The first kappa shape index (κ1) is 17.7. The van der Waals surface area contributed by atoms with Gasteiger partial charge in [0.25, 0.3) is 0 Å². The summed E-state index contributed by atoms with van der Waals surface area (Å²) < 4.78 is 0. The van der Waals surface area contributed by atoms with Crippen molar-refractivity contribution in [1.29, 1.82) is 0 Å². The summed E-state index contributed by atoms with van der Waals surface area (Å²) in [6.45, 7) is 3.29. The van der Waals surface area contributed by atoms with Gasteiger partial charge in [0.1, 0.15) is 0 Å². The van der Waals surface area contributed by atoms with Crippen molar-refractivity contribution in [3.8, 4) is 0 Å². The van der Waals surface area contributed by atoms with E-state index in [1.165, 1.54) is 24.0 Å². The number of hydrogen-bond acceptors (Lipinski definition) is 2. The first-order chi connectivity index (χ1) is 12.2. The Morgan fingerprint density at radius 3 is 2.12 bits per heavy atom. The number of amides is 1. The van der Waals surface area contributed by atoms with E-state index in [0.29, 0.717) is 13.1 Å². The van der Waals surface area contributed by atoms with Crippen LogP contribution in [-0.2, 0) is 17.8 Å². The highest BCUT2D eigenvalue weighted by molar-refractivity contribution is 5.78. The fourth-order valence-electron chi connectivity index (χ4n) is 3.55. The van der Waals surface area contributed by atoms with Crippen molar-refractivity contribution in [2.45, 2.75) is 25.8 Å². The molecule has 1 aliphatic rings. The minimum atomic E-state index is 0.213. The molecule has 0 atom stereocenters. The number of benzene rings is 2. The van der Waals surface area contributed by atoms with Gasteiger partial charge in [-0.2, -0.15) is 0 Å². The first-order valence-corrected chi connectivity index (χ1v) is 9.25. The number of piperidine rings is 1. The molecule has 0 saturated carbocycles. The Balaban J connectivity index is 1.41. The van der Waals surface area contributed by atoms with Crippen LogP contribution in [0.5, 0.6) is 0 Å². The van der Waals surface area contributed by atoms with Crippen molar-refractivity contribution < 1.29 is 4.79 Å². The Kier molecular flexibility index (Phi) is 6.24. The number of hydrogen-bond donors (Lipinski definition) is 0. The Bertz CT molecular complexity index is 648. The lowest BCUT2D eigenvalue weighted by Gasteiger charge is -2.32. The minimum absolute atomic E-state index is 0.213. The van der Waals surface area contributed by atoms with E-state index < -0.39 is 0 Å². The van der Waals surface area contributed by atoms with Gasteiger partial charge in [-0.25, -0.2) is 0 Å². The number of likely N-dealkylation sites (tertiary alicyclic amines) is 1. The molecule has 0 aliphatic carbocycles. The van der Waals surface area contributed by atoms with Crippen LogP contribution in [0, 0.1) is 5.92 Å². The van der Waals surface area contributed by atoms with Crippen LogP contribution in [0.1, 0.15) is 24.0 Å². The summed E-state index contributed by atoms with van der Waals surface area (Å²) in [5.41, 5.74) is 2.61. The highest BCUT2D eigenvalue weighted by Crippen LogP contribution is 2.21. The van der Waals surface area contributed by atoms with Crippen molar-refractivity contribution in [2.75, 3.05) is 26.7 Å². The number of nitrogens with zero attached hydrogens (tertiary/aromatic N) is 2. The van der Waals surface area contributed by atoms with Gasteiger partial charge >= 0.3 is 0 Å². The van der Waals surface area contributed by atoms with Crippen LogP contribution in [0.4, 0.5) is 0 Å². The van der Waals surface area contributed by atoms with Crippen LogP contribution in [-0.4, -0.2) is 42.4 Å². The summed E-state index contributed by atoms with van der Waals surface area (Å²) in [5, 5.41) is 0. The Labute approximate surface area is 151 Å². The fraction of sp³-hybridized carbons (Fsp3) is 0.409. The molecule has 132 valence electrons. The second kappa shape index (κ2) is 8.82. The molecular formula is C22H28N2O. The fourth-order valence-corrected chi connectivity index (χ4v) is 3.55. The molecule has 1 aliphatic heterocycles. The summed E-state index contributed by atoms with van der Waals surface area (Å²) >= 11 is 0. The molecule has 1 fully saturated rings. The van der Waals surface area contributed by atoms with E-state index in [0.717, 1.165) is 25.4 Å². The Morgan fingerprint density at radius 1 is 0.960 bits per heavy atom. The summed E-state index contributed by atoms with van der Waals surface area (Å²) in [6, 6.07) is 20.9. The molecule has 1 saturated heterocycles. The van der Waals surface area contributed by atoms with Gasteiger partial charge in [-0.3, -0.25) is 9.69 Å². The average Bonchev–Trinajstić information content (AvgIpc) is 2.65. The molecule has 0 unspecified atom stereocenters. The molecule has 2 aromatic carbocycles. The van der Waals surface area contributed by atoms with Crippen molar-refractivity contribution in [3.05, 3.63) is 71.8 Å². The van der Waals surface area contributed by atoms with E-state index in [-0.39, 0.29) is 5.91 Å². The van der Waals surface area contributed by atoms with Crippen LogP contribution in [0.15, 0.2) is 60.7 Å². The Hall–Kier alpha value is -2.13. The number of carbonyl (C=O) groups excluding carboxylic acids is 1. The van der Waals surface area contributed by atoms with Crippen LogP contribution < -0.4 is 0 Å². The largest absolute Gasteiger partial charge is 0.340 e. The maximum Gasteiger partial charge on any atom is 0.236 e. The lowest BCUT2D eigenvalue weighted by Crippen LogP contribution is -2.42. The summed E-state index contributed by atoms with van der Waals surface area (Å²) in [7, 11) is 1.90. The lowest BCUT2D eigenvalue weighted by molar-refractivity contribution is -0.132. The topological polar surface area (TPSA) is 23.6 Å². The summed E-state index contributed by atoms with van der Waals surface area (Å²) in [4.78, 5) is 16.6. The molecule has 1 heterocycles. The van der Waals surface area contributed by atoms with Crippen LogP contribution in [0.25, 0.3) is 0 Å².